The number of hydrogen-bond acceptors (Lipinski definition) is 3. The van der Waals surface area contributed by atoms with Crippen molar-refractivity contribution in [2.24, 2.45) is 11.8 Å². The molecule has 11 rings (SSSR count). The van der Waals surface area contributed by atoms with Gasteiger partial charge in [-0.25, -0.2) is 0 Å². The van der Waals surface area contributed by atoms with Crippen LogP contribution in [0.15, 0.2) is 156 Å². The Hall–Kier alpha value is -6.03. The van der Waals surface area contributed by atoms with Gasteiger partial charge in [-0.15, -0.1) is 0 Å². The summed E-state index contributed by atoms with van der Waals surface area (Å²) in [4.78, 5) is 0.867. The molecule has 3 atom stereocenters. The number of thiocarbonyl (C=S) groups is 1. The van der Waals surface area contributed by atoms with Gasteiger partial charge in [-0.1, -0.05) is 153 Å². The zero-order valence-corrected chi connectivity index (χ0v) is 31.4. The molecule has 0 bridgehead atoms. The van der Waals surface area contributed by atoms with Gasteiger partial charge in [0.1, 0.15) is 22.9 Å². The molecule has 7 aromatic rings. The van der Waals surface area contributed by atoms with Gasteiger partial charge in [-0.05, 0) is 104 Å². The maximum Gasteiger partial charge on any atom is 0.149 e. The van der Waals surface area contributed by atoms with E-state index < -0.39 is 0 Å². The van der Waals surface area contributed by atoms with E-state index in [1.165, 1.54) is 66.4 Å². The highest BCUT2D eigenvalue weighted by atomic mass is 32.1. The summed E-state index contributed by atoms with van der Waals surface area (Å²) in [5.74, 6) is 3.55. The molecule has 55 heavy (non-hydrogen) atoms. The molecule has 0 saturated carbocycles. The third-order valence-corrected chi connectivity index (χ3v) is 12.5. The van der Waals surface area contributed by atoms with Crippen LogP contribution in [0.5, 0.6) is 5.75 Å². The van der Waals surface area contributed by atoms with E-state index in [0.29, 0.717) is 5.92 Å². The second-order valence-electron chi connectivity index (χ2n) is 15.5. The third kappa shape index (κ3) is 5.25. The summed E-state index contributed by atoms with van der Waals surface area (Å²) in [6.07, 6.45) is 16.2. The summed E-state index contributed by atoms with van der Waals surface area (Å²) in [6.45, 7) is 2.33. The Labute approximate surface area is 326 Å². The van der Waals surface area contributed by atoms with Crippen LogP contribution in [0.25, 0.3) is 61.7 Å². The number of ether oxygens (including phenoxy) is 1. The largest absolute Gasteiger partial charge is 0.461 e. The molecule has 3 heteroatoms. The monoisotopic (exact) mass is 726 g/mol. The second-order valence-corrected chi connectivity index (χ2v) is 16.0. The smallest absolute Gasteiger partial charge is 0.149 e. The van der Waals surface area contributed by atoms with Gasteiger partial charge in [0.05, 0.1) is 10.8 Å². The first-order chi connectivity index (χ1) is 27.1. The van der Waals surface area contributed by atoms with E-state index in [9.17, 15) is 0 Å². The second kappa shape index (κ2) is 12.8. The molecule has 0 N–H and O–H groups in total. The van der Waals surface area contributed by atoms with E-state index in [0.717, 1.165) is 57.9 Å². The number of hydrogen-bond donors (Lipinski definition) is 0. The van der Waals surface area contributed by atoms with Crippen LogP contribution in [0.3, 0.4) is 0 Å². The highest BCUT2D eigenvalue weighted by Gasteiger charge is 2.40. The first-order valence-corrected chi connectivity index (χ1v) is 19.9. The van der Waals surface area contributed by atoms with Crippen molar-refractivity contribution in [3.05, 3.63) is 191 Å². The van der Waals surface area contributed by atoms with Gasteiger partial charge < -0.3 is 9.15 Å². The zero-order valence-electron chi connectivity index (χ0n) is 30.6. The maximum atomic E-state index is 6.53. The standard InChI is InChI=1S/C52H38O2S/c1-31-21-23-40-43(27-31)49(33-12-3-2-4-13-33)38-15-5-6-16-39(38)50(40)35-14-9-11-32(28-35)29-44-36(25-26-46-51(44)42-17-7-8-19-45(42)53-46)34-22-24-37-41-18-10-20-48(55)52(41)54-47(37)30-34/h2-19,21-26,28,30-31,44,51H,20,27,29H2,1H3. The van der Waals surface area contributed by atoms with Crippen molar-refractivity contribution in [1.29, 1.82) is 0 Å². The van der Waals surface area contributed by atoms with Crippen molar-refractivity contribution in [3.8, 4) is 28.0 Å². The number of furan rings is 1. The summed E-state index contributed by atoms with van der Waals surface area (Å²) in [5.41, 5.74) is 15.0. The molecular weight excluding hydrogens is 689 g/mol. The lowest BCUT2D eigenvalue weighted by Crippen LogP contribution is -2.20. The Kier molecular flexibility index (Phi) is 7.53. The van der Waals surface area contributed by atoms with E-state index in [1.54, 1.807) is 0 Å². The summed E-state index contributed by atoms with van der Waals surface area (Å²) < 4.78 is 13.0. The van der Waals surface area contributed by atoms with Gasteiger partial charge in [-0.3, -0.25) is 0 Å². The highest BCUT2D eigenvalue weighted by Crippen LogP contribution is 2.53. The lowest BCUT2D eigenvalue weighted by Gasteiger charge is -2.30. The molecule has 0 saturated heterocycles. The molecule has 1 aromatic heterocycles. The fourth-order valence-electron chi connectivity index (χ4n) is 9.70. The molecule has 2 nitrogen and oxygen atoms in total. The van der Waals surface area contributed by atoms with Crippen molar-refractivity contribution in [2.45, 2.75) is 32.1 Å². The minimum atomic E-state index is 0.110. The Morgan fingerprint density at radius 1 is 0.691 bits per heavy atom. The summed E-state index contributed by atoms with van der Waals surface area (Å²) in [7, 11) is 0. The third-order valence-electron chi connectivity index (χ3n) is 12.1. The van der Waals surface area contributed by atoms with Gasteiger partial charge in [0.15, 0.2) is 0 Å². The molecule has 2 heterocycles. The number of benzene rings is 6. The van der Waals surface area contributed by atoms with E-state index in [2.05, 4.69) is 165 Å². The van der Waals surface area contributed by atoms with Crippen molar-refractivity contribution in [3.63, 3.8) is 0 Å². The van der Waals surface area contributed by atoms with E-state index in [4.69, 9.17) is 21.4 Å². The predicted octanol–water partition coefficient (Wildman–Crippen LogP) is 13.6. The molecule has 0 radical (unpaired) electrons. The maximum absolute atomic E-state index is 6.53. The van der Waals surface area contributed by atoms with Gasteiger partial charge in [-0.2, -0.15) is 0 Å². The van der Waals surface area contributed by atoms with E-state index in [1.807, 2.05) is 0 Å². The van der Waals surface area contributed by atoms with E-state index >= 15 is 0 Å². The zero-order chi connectivity index (χ0) is 36.6. The molecule has 1 aliphatic heterocycles. The van der Waals surface area contributed by atoms with Gasteiger partial charge in [0.2, 0.25) is 0 Å². The van der Waals surface area contributed by atoms with Gasteiger partial charge in [0.25, 0.3) is 0 Å². The SMILES string of the molecule is CC1C=Cc2c(c(-c3ccccc3)c3ccccc3c2-c2cccc(CC3C(c4ccc5c6c(oc5c4)C(=S)CC=C6)=CC=C4Oc5ccccc5C43)c2)C1. The van der Waals surface area contributed by atoms with Crippen LogP contribution in [0.2, 0.25) is 0 Å². The average Bonchev–Trinajstić information content (AvgIpc) is 3.80. The van der Waals surface area contributed by atoms with Gasteiger partial charge in [0, 0.05) is 28.9 Å². The number of allylic oxidation sites excluding steroid dienone is 6. The van der Waals surface area contributed by atoms with Crippen LogP contribution in [0.4, 0.5) is 0 Å². The average molecular weight is 727 g/mol. The van der Waals surface area contributed by atoms with Crippen molar-refractivity contribution < 1.29 is 9.15 Å². The Balaban J connectivity index is 1.05. The van der Waals surface area contributed by atoms with Crippen LogP contribution in [-0.4, -0.2) is 4.86 Å². The molecule has 0 amide bonds. The van der Waals surface area contributed by atoms with Crippen molar-refractivity contribution >= 4 is 56.5 Å². The normalized spacial score (nSPS) is 19.4. The van der Waals surface area contributed by atoms with Crippen LogP contribution < -0.4 is 4.74 Å². The molecule has 3 aliphatic carbocycles. The minimum Gasteiger partial charge on any atom is -0.461 e. The Bertz CT molecular complexity index is 2860. The number of fused-ring (bicyclic) bond motifs is 8. The topological polar surface area (TPSA) is 22.4 Å². The summed E-state index contributed by atoms with van der Waals surface area (Å²) >= 11 is 5.70. The fourth-order valence-corrected chi connectivity index (χ4v) is 9.95. The highest BCUT2D eigenvalue weighted by molar-refractivity contribution is 7.80. The number of rotatable bonds is 5. The van der Waals surface area contributed by atoms with Crippen LogP contribution in [0, 0.1) is 11.8 Å². The van der Waals surface area contributed by atoms with Gasteiger partial charge >= 0.3 is 0 Å². The Morgan fingerprint density at radius 3 is 2.38 bits per heavy atom. The fraction of sp³-hybridized carbons (Fsp3) is 0.135. The first-order valence-electron chi connectivity index (χ1n) is 19.4. The lowest BCUT2D eigenvalue weighted by atomic mass is 9.72. The molecule has 6 aromatic carbocycles. The Morgan fingerprint density at radius 2 is 1.49 bits per heavy atom. The van der Waals surface area contributed by atoms with Crippen LogP contribution >= 0.6 is 12.2 Å². The summed E-state index contributed by atoms with van der Waals surface area (Å²) in [5, 5.41) is 3.72. The van der Waals surface area contributed by atoms with Crippen molar-refractivity contribution in [1.82, 2.24) is 0 Å². The number of para-hydroxylation sites is 1. The molecular formula is C52H38O2S. The predicted molar refractivity (Wildman–Crippen MR) is 231 cm³/mol. The molecule has 0 fully saturated rings. The van der Waals surface area contributed by atoms with Crippen LogP contribution in [-0.2, 0) is 12.8 Å². The molecule has 0 spiro atoms. The lowest BCUT2D eigenvalue weighted by molar-refractivity contribution is 0.399. The summed E-state index contributed by atoms with van der Waals surface area (Å²) in [6, 6.07) is 44.5. The first kappa shape index (κ1) is 32.4. The minimum absolute atomic E-state index is 0.110. The molecule has 264 valence electrons. The quantitative estimate of drug-likeness (QED) is 0.165. The van der Waals surface area contributed by atoms with Crippen LogP contribution in [0.1, 0.15) is 58.4 Å². The molecule has 3 unspecified atom stereocenters. The van der Waals surface area contributed by atoms with Crippen molar-refractivity contribution in [2.75, 3.05) is 0 Å². The van der Waals surface area contributed by atoms with E-state index in [-0.39, 0.29) is 11.8 Å². The molecule has 4 aliphatic rings.